The number of para-hydroxylation sites is 1. The van der Waals surface area contributed by atoms with E-state index in [4.69, 9.17) is 0 Å². The summed E-state index contributed by atoms with van der Waals surface area (Å²) in [6.45, 7) is 2.64. The van der Waals surface area contributed by atoms with Gasteiger partial charge in [-0.2, -0.15) is 0 Å². The molecule has 2 amide bonds. The SMILES string of the molecule is CCCNC(=O)c1ccc(C(=O)Nc2ccccc2Br)cc1. The largest absolute Gasteiger partial charge is 0.352 e. The van der Waals surface area contributed by atoms with Gasteiger partial charge in [-0.3, -0.25) is 9.59 Å². The number of nitrogens with one attached hydrogen (secondary N) is 2. The van der Waals surface area contributed by atoms with Gasteiger partial charge in [-0.05, 0) is 58.7 Å². The van der Waals surface area contributed by atoms with Crippen molar-refractivity contribution in [3.63, 3.8) is 0 Å². The van der Waals surface area contributed by atoms with Gasteiger partial charge in [-0.15, -0.1) is 0 Å². The van der Waals surface area contributed by atoms with Crippen LogP contribution in [0.5, 0.6) is 0 Å². The van der Waals surface area contributed by atoms with Crippen LogP contribution in [0, 0.1) is 0 Å². The van der Waals surface area contributed by atoms with E-state index in [1.165, 1.54) is 0 Å². The molecule has 2 N–H and O–H groups in total. The van der Waals surface area contributed by atoms with Gasteiger partial charge in [0.1, 0.15) is 0 Å². The second-order valence-corrected chi connectivity index (χ2v) is 5.62. The number of amides is 2. The van der Waals surface area contributed by atoms with Crippen LogP contribution in [0.3, 0.4) is 0 Å². The van der Waals surface area contributed by atoms with Crippen molar-refractivity contribution in [1.82, 2.24) is 5.32 Å². The van der Waals surface area contributed by atoms with E-state index in [0.29, 0.717) is 23.4 Å². The van der Waals surface area contributed by atoms with Gasteiger partial charge in [-0.1, -0.05) is 19.1 Å². The molecule has 22 heavy (non-hydrogen) atoms. The van der Waals surface area contributed by atoms with Crippen LogP contribution in [-0.4, -0.2) is 18.4 Å². The monoisotopic (exact) mass is 360 g/mol. The Bertz CT molecular complexity index is 669. The van der Waals surface area contributed by atoms with Crippen LogP contribution in [0.2, 0.25) is 0 Å². The molecule has 0 saturated heterocycles. The number of carbonyl (C=O) groups excluding carboxylic acids is 2. The minimum absolute atomic E-state index is 0.125. The number of benzene rings is 2. The molecule has 0 heterocycles. The number of anilines is 1. The van der Waals surface area contributed by atoms with Gasteiger partial charge in [0.15, 0.2) is 0 Å². The van der Waals surface area contributed by atoms with E-state index in [-0.39, 0.29) is 11.8 Å². The molecule has 0 atom stereocenters. The zero-order valence-corrected chi connectivity index (χ0v) is 13.8. The van der Waals surface area contributed by atoms with Gasteiger partial charge in [0.05, 0.1) is 5.69 Å². The first-order valence-electron chi connectivity index (χ1n) is 7.06. The smallest absolute Gasteiger partial charge is 0.255 e. The molecule has 5 heteroatoms. The first-order chi connectivity index (χ1) is 10.6. The van der Waals surface area contributed by atoms with Crippen molar-refractivity contribution in [1.29, 1.82) is 0 Å². The Labute approximate surface area is 138 Å². The summed E-state index contributed by atoms with van der Waals surface area (Å²) in [6, 6.07) is 14.0. The van der Waals surface area contributed by atoms with Crippen molar-refractivity contribution in [3.05, 3.63) is 64.1 Å². The molecule has 0 bridgehead atoms. The van der Waals surface area contributed by atoms with E-state index in [1.54, 1.807) is 24.3 Å². The minimum atomic E-state index is -0.215. The van der Waals surface area contributed by atoms with Gasteiger partial charge in [0.2, 0.25) is 0 Å². The molecule has 114 valence electrons. The van der Waals surface area contributed by atoms with E-state index in [9.17, 15) is 9.59 Å². The second kappa shape index (κ2) is 7.75. The second-order valence-electron chi connectivity index (χ2n) is 4.77. The normalized spacial score (nSPS) is 10.1. The summed E-state index contributed by atoms with van der Waals surface area (Å²) in [5.41, 5.74) is 1.76. The first kappa shape index (κ1) is 16.2. The Morgan fingerprint density at radius 3 is 2.14 bits per heavy atom. The van der Waals surface area contributed by atoms with E-state index in [2.05, 4.69) is 26.6 Å². The number of rotatable bonds is 5. The van der Waals surface area contributed by atoms with Crippen molar-refractivity contribution in [2.45, 2.75) is 13.3 Å². The summed E-state index contributed by atoms with van der Waals surface area (Å²) in [7, 11) is 0. The molecule has 4 nitrogen and oxygen atoms in total. The lowest BCUT2D eigenvalue weighted by Crippen LogP contribution is -2.24. The summed E-state index contributed by atoms with van der Waals surface area (Å²) in [5, 5.41) is 5.62. The summed E-state index contributed by atoms with van der Waals surface area (Å²) < 4.78 is 0.818. The van der Waals surface area contributed by atoms with Crippen LogP contribution in [0.1, 0.15) is 34.1 Å². The Balaban J connectivity index is 2.05. The zero-order valence-electron chi connectivity index (χ0n) is 12.2. The molecule has 0 saturated carbocycles. The minimum Gasteiger partial charge on any atom is -0.352 e. The van der Waals surface area contributed by atoms with Crippen LogP contribution in [0.15, 0.2) is 53.0 Å². The van der Waals surface area contributed by atoms with Gasteiger partial charge >= 0.3 is 0 Å². The fourth-order valence-corrected chi connectivity index (χ4v) is 2.25. The van der Waals surface area contributed by atoms with Crippen LogP contribution in [0.25, 0.3) is 0 Å². The highest BCUT2D eigenvalue weighted by Gasteiger charge is 2.10. The van der Waals surface area contributed by atoms with E-state index in [0.717, 1.165) is 10.9 Å². The van der Waals surface area contributed by atoms with Crippen LogP contribution >= 0.6 is 15.9 Å². The fourth-order valence-electron chi connectivity index (χ4n) is 1.87. The number of hydrogen-bond donors (Lipinski definition) is 2. The Kier molecular flexibility index (Phi) is 5.72. The molecular weight excluding hydrogens is 344 g/mol. The van der Waals surface area contributed by atoms with Crippen molar-refractivity contribution < 1.29 is 9.59 Å². The molecule has 2 aromatic rings. The van der Waals surface area contributed by atoms with Crippen molar-refractivity contribution in [2.75, 3.05) is 11.9 Å². The lowest BCUT2D eigenvalue weighted by Gasteiger charge is -2.08. The van der Waals surface area contributed by atoms with E-state index in [1.807, 2.05) is 31.2 Å². The molecule has 0 aliphatic carbocycles. The topological polar surface area (TPSA) is 58.2 Å². The van der Waals surface area contributed by atoms with Crippen molar-refractivity contribution >= 4 is 33.4 Å². The molecule has 2 aromatic carbocycles. The van der Waals surface area contributed by atoms with Crippen LogP contribution in [-0.2, 0) is 0 Å². The van der Waals surface area contributed by atoms with E-state index >= 15 is 0 Å². The number of halogens is 1. The summed E-state index contributed by atoms with van der Waals surface area (Å²) in [6.07, 6.45) is 0.887. The maximum atomic E-state index is 12.2. The zero-order chi connectivity index (χ0) is 15.9. The molecule has 2 rings (SSSR count). The molecule has 0 aromatic heterocycles. The molecule has 0 unspecified atom stereocenters. The maximum Gasteiger partial charge on any atom is 0.255 e. The molecule has 0 radical (unpaired) electrons. The average Bonchev–Trinajstić information content (AvgIpc) is 2.55. The maximum absolute atomic E-state index is 12.2. The highest BCUT2D eigenvalue weighted by Crippen LogP contribution is 2.21. The van der Waals surface area contributed by atoms with Crippen LogP contribution in [0.4, 0.5) is 5.69 Å². The molecular formula is C17H17BrN2O2. The summed E-state index contributed by atoms with van der Waals surface area (Å²) in [5.74, 6) is -0.341. The van der Waals surface area contributed by atoms with Crippen LogP contribution < -0.4 is 10.6 Å². The molecule has 0 aliphatic heterocycles. The summed E-state index contributed by atoms with van der Waals surface area (Å²) in [4.78, 5) is 24.0. The standard InChI is InChI=1S/C17H17BrN2O2/c1-2-11-19-16(21)12-7-9-13(10-8-12)17(22)20-15-6-4-3-5-14(15)18/h3-10H,2,11H2,1H3,(H,19,21)(H,20,22). The number of hydrogen-bond acceptors (Lipinski definition) is 2. The van der Waals surface area contributed by atoms with Crippen molar-refractivity contribution in [2.24, 2.45) is 0 Å². The third-order valence-electron chi connectivity index (χ3n) is 3.07. The predicted octanol–water partition coefficient (Wildman–Crippen LogP) is 3.84. The Morgan fingerprint density at radius 2 is 1.55 bits per heavy atom. The Hall–Kier alpha value is -2.14. The number of carbonyl (C=O) groups is 2. The van der Waals surface area contributed by atoms with E-state index < -0.39 is 0 Å². The quantitative estimate of drug-likeness (QED) is 0.850. The average molecular weight is 361 g/mol. The first-order valence-corrected chi connectivity index (χ1v) is 7.85. The van der Waals surface area contributed by atoms with Crippen molar-refractivity contribution in [3.8, 4) is 0 Å². The highest BCUT2D eigenvalue weighted by atomic mass is 79.9. The lowest BCUT2D eigenvalue weighted by atomic mass is 10.1. The Morgan fingerprint density at radius 1 is 0.955 bits per heavy atom. The highest BCUT2D eigenvalue weighted by molar-refractivity contribution is 9.10. The summed E-state index contributed by atoms with van der Waals surface area (Å²) >= 11 is 3.38. The van der Waals surface area contributed by atoms with Gasteiger partial charge in [-0.25, -0.2) is 0 Å². The molecule has 0 spiro atoms. The lowest BCUT2D eigenvalue weighted by molar-refractivity contribution is 0.0951. The molecule has 0 fully saturated rings. The fraction of sp³-hybridized carbons (Fsp3) is 0.176. The third kappa shape index (κ3) is 4.18. The van der Waals surface area contributed by atoms with Gasteiger partial charge < -0.3 is 10.6 Å². The predicted molar refractivity (Wildman–Crippen MR) is 91.2 cm³/mol. The van der Waals surface area contributed by atoms with Gasteiger partial charge in [0.25, 0.3) is 11.8 Å². The molecule has 0 aliphatic rings. The van der Waals surface area contributed by atoms with Gasteiger partial charge in [0, 0.05) is 22.1 Å². The third-order valence-corrected chi connectivity index (χ3v) is 3.76.